The largest absolute Gasteiger partial charge is 0.495 e. The van der Waals surface area contributed by atoms with Crippen LogP contribution in [0, 0.1) is 0 Å². The van der Waals surface area contributed by atoms with Gasteiger partial charge in [-0.05, 0) is 24.3 Å². The van der Waals surface area contributed by atoms with Gasteiger partial charge in [-0.1, -0.05) is 30.3 Å². The van der Waals surface area contributed by atoms with Crippen molar-refractivity contribution >= 4 is 23.1 Å². The van der Waals surface area contributed by atoms with Gasteiger partial charge < -0.3 is 15.4 Å². The average Bonchev–Trinajstić information content (AvgIpc) is 2.63. The summed E-state index contributed by atoms with van der Waals surface area (Å²) in [5.41, 5.74) is 1.66. The predicted molar refractivity (Wildman–Crippen MR) is 92.7 cm³/mol. The molecule has 6 nitrogen and oxygen atoms in total. The van der Waals surface area contributed by atoms with Crippen LogP contribution in [0.15, 0.2) is 67.0 Å². The Morgan fingerprint density at radius 3 is 2.54 bits per heavy atom. The molecule has 2 N–H and O–H groups in total. The minimum Gasteiger partial charge on any atom is -0.495 e. The van der Waals surface area contributed by atoms with E-state index >= 15 is 0 Å². The summed E-state index contributed by atoms with van der Waals surface area (Å²) in [6.45, 7) is 0. The maximum absolute atomic E-state index is 12.4. The Balaban J connectivity index is 1.77. The molecule has 2 aromatic carbocycles. The molecule has 0 fully saturated rings. The monoisotopic (exact) mass is 320 g/mol. The highest BCUT2D eigenvalue weighted by Crippen LogP contribution is 2.23. The highest BCUT2D eigenvalue weighted by Gasteiger charge is 2.12. The molecule has 0 saturated heterocycles. The number of carbonyl (C=O) groups excluding carboxylic acids is 1. The molecule has 3 aromatic rings. The topological polar surface area (TPSA) is 76.1 Å². The minimum atomic E-state index is -0.358. The van der Waals surface area contributed by atoms with Crippen molar-refractivity contribution in [1.29, 1.82) is 0 Å². The van der Waals surface area contributed by atoms with Gasteiger partial charge in [0.1, 0.15) is 17.3 Å². The highest BCUT2D eigenvalue weighted by molar-refractivity contribution is 6.03. The first-order valence-electron chi connectivity index (χ1n) is 7.35. The molecule has 0 aliphatic rings. The lowest BCUT2D eigenvalue weighted by Gasteiger charge is -2.10. The molecule has 0 radical (unpaired) electrons. The summed E-state index contributed by atoms with van der Waals surface area (Å²) in [6.07, 6.45) is 2.98. The van der Waals surface area contributed by atoms with Crippen LogP contribution in [0.4, 0.5) is 17.2 Å². The first kappa shape index (κ1) is 15.5. The number of benzene rings is 2. The van der Waals surface area contributed by atoms with Crippen LogP contribution in [-0.2, 0) is 0 Å². The summed E-state index contributed by atoms with van der Waals surface area (Å²) in [4.78, 5) is 20.8. The van der Waals surface area contributed by atoms with Crippen molar-refractivity contribution in [3.63, 3.8) is 0 Å². The molecule has 120 valence electrons. The summed E-state index contributed by atoms with van der Waals surface area (Å²) in [7, 11) is 1.55. The van der Waals surface area contributed by atoms with Crippen molar-refractivity contribution in [2.24, 2.45) is 0 Å². The first-order valence-corrected chi connectivity index (χ1v) is 7.35. The Labute approximate surface area is 139 Å². The number of ether oxygens (including phenoxy) is 1. The van der Waals surface area contributed by atoms with Crippen LogP contribution in [0.2, 0.25) is 0 Å². The van der Waals surface area contributed by atoms with Crippen LogP contribution < -0.4 is 15.4 Å². The van der Waals surface area contributed by atoms with E-state index in [1.165, 1.54) is 6.20 Å². The first-order chi connectivity index (χ1) is 11.8. The van der Waals surface area contributed by atoms with Crippen molar-refractivity contribution in [1.82, 2.24) is 9.97 Å². The molecule has 0 aliphatic heterocycles. The van der Waals surface area contributed by atoms with Crippen LogP contribution in [0.5, 0.6) is 5.75 Å². The minimum absolute atomic E-state index is 0.210. The zero-order valence-electron chi connectivity index (χ0n) is 13.1. The van der Waals surface area contributed by atoms with Gasteiger partial charge in [0.05, 0.1) is 25.2 Å². The van der Waals surface area contributed by atoms with E-state index < -0.39 is 0 Å². The molecule has 0 aliphatic carbocycles. The Hall–Kier alpha value is -3.41. The number of hydrogen-bond donors (Lipinski definition) is 2. The molecule has 24 heavy (non-hydrogen) atoms. The van der Waals surface area contributed by atoms with E-state index in [4.69, 9.17) is 4.74 Å². The molecule has 6 heteroatoms. The van der Waals surface area contributed by atoms with Crippen LogP contribution in [-0.4, -0.2) is 23.0 Å². The van der Waals surface area contributed by atoms with E-state index in [-0.39, 0.29) is 11.6 Å². The molecule has 0 bridgehead atoms. The third kappa shape index (κ3) is 3.67. The van der Waals surface area contributed by atoms with Crippen molar-refractivity contribution in [3.05, 3.63) is 72.7 Å². The van der Waals surface area contributed by atoms with Crippen LogP contribution >= 0.6 is 0 Å². The number of nitrogens with one attached hydrogen (secondary N) is 2. The number of anilines is 3. The van der Waals surface area contributed by atoms with E-state index in [2.05, 4.69) is 20.6 Å². The second-order valence-corrected chi connectivity index (χ2v) is 4.93. The Morgan fingerprint density at radius 2 is 1.75 bits per heavy atom. The number of hydrogen-bond acceptors (Lipinski definition) is 5. The van der Waals surface area contributed by atoms with Gasteiger partial charge in [-0.15, -0.1) is 0 Å². The highest BCUT2D eigenvalue weighted by atomic mass is 16.5. The molecule has 0 atom stereocenters. The zero-order chi connectivity index (χ0) is 16.8. The standard InChI is InChI=1S/C18H16N4O2/c1-24-16-10-6-5-9-14(16)22-18(23)15-11-19-12-17(21-15)20-13-7-3-2-4-8-13/h2-12H,1H3,(H,20,21)(H,22,23). The smallest absolute Gasteiger partial charge is 0.276 e. The van der Waals surface area contributed by atoms with Gasteiger partial charge in [0, 0.05) is 5.69 Å². The lowest BCUT2D eigenvalue weighted by Crippen LogP contribution is -2.15. The normalized spacial score (nSPS) is 10.0. The van der Waals surface area contributed by atoms with E-state index in [1.54, 1.807) is 25.4 Å². The van der Waals surface area contributed by atoms with Crippen molar-refractivity contribution in [2.45, 2.75) is 0 Å². The fourth-order valence-corrected chi connectivity index (χ4v) is 2.14. The number of nitrogens with zero attached hydrogens (tertiary/aromatic N) is 2. The molecule has 3 rings (SSSR count). The molecular weight excluding hydrogens is 304 g/mol. The van der Waals surface area contributed by atoms with E-state index in [9.17, 15) is 4.79 Å². The second kappa shape index (κ2) is 7.23. The summed E-state index contributed by atoms with van der Waals surface area (Å²) in [5.74, 6) is 0.718. The second-order valence-electron chi connectivity index (χ2n) is 4.93. The Bertz CT molecular complexity index is 837. The number of para-hydroxylation sites is 3. The van der Waals surface area contributed by atoms with E-state index in [1.807, 2.05) is 42.5 Å². The molecule has 1 heterocycles. The van der Waals surface area contributed by atoms with Crippen molar-refractivity contribution < 1.29 is 9.53 Å². The fraction of sp³-hybridized carbons (Fsp3) is 0.0556. The van der Waals surface area contributed by atoms with Gasteiger partial charge in [0.15, 0.2) is 0 Å². The third-order valence-corrected chi connectivity index (χ3v) is 3.27. The molecule has 0 spiro atoms. The maximum Gasteiger partial charge on any atom is 0.276 e. The summed E-state index contributed by atoms with van der Waals surface area (Å²) in [5, 5.41) is 5.88. The van der Waals surface area contributed by atoms with Gasteiger partial charge in [0.25, 0.3) is 5.91 Å². The molecule has 1 amide bonds. The van der Waals surface area contributed by atoms with Crippen molar-refractivity contribution in [3.8, 4) is 5.75 Å². The van der Waals surface area contributed by atoms with E-state index in [0.29, 0.717) is 17.3 Å². The van der Waals surface area contributed by atoms with Gasteiger partial charge in [-0.2, -0.15) is 0 Å². The number of methoxy groups -OCH3 is 1. The number of aromatic nitrogens is 2. The molecule has 1 aromatic heterocycles. The summed E-state index contributed by atoms with van der Waals surface area (Å²) < 4.78 is 5.22. The SMILES string of the molecule is COc1ccccc1NC(=O)c1cncc(Nc2ccccc2)n1. The average molecular weight is 320 g/mol. The number of rotatable bonds is 5. The Kier molecular flexibility index (Phi) is 4.67. The maximum atomic E-state index is 12.4. The van der Waals surface area contributed by atoms with Crippen LogP contribution in [0.3, 0.4) is 0 Å². The third-order valence-electron chi connectivity index (χ3n) is 3.27. The molecular formula is C18H16N4O2. The quantitative estimate of drug-likeness (QED) is 0.752. The van der Waals surface area contributed by atoms with Crippen molar-refractivity contribution in [2.75, 3.05) is 17.7 Å². The van der Waals surface area contributed by atoms with Gasteiger partial charge in [0.2, 0.25) is 0 Å². The van der Waals surface area contributed by atoms with Crippen LogP contribution in [0.25, 0.3) is 0 Å². The van der Waals surface area contributed by atoms with Crippen LogP contribution in [0.1, 0.15) is 10.5 Å². The van der Waals surface area contributed by atoms with Gasteiger partial charge >= 0.3 is 0 Å². The lowest BCUT2D eigenvalue weighted by molar-refractivity contribution is 0.102. The molecule has 0 saturated carbocycles. The lowest BCUT2D eigenvalue weighted by atomic mass is 10.3. The summed E-state index contributed by atoms with van der Waals surface area (Å²) >= 11 is 0. The predicted octanol–water partition coefficient (Wildman–Crippen LogP) is 3.48. The van der Waals surface area contributed by atoms with E-state index in [0.717, 1.165) is 5.69 Å². The van der Waals surface area contributed by atoms with Gasteiger partial charge in [-0.25, -0.2) is 4.98 Å². The number of carbonyl (C=O) groups is 1. The Morgan fingerprint density at radius 1 is 1.00 bits per heavy atom. The molecule has 0 unspecified atom stereocenters. The summed E-state index contributed by atoms with van der Waals surface area (Å²) in [6, 6.07) is 16.7. The zero-order valence-corrected chi connectivity index (χ0v) is 13.1. The van der Waals surface area contributed by atoms with Gasteiger partial charge in [-0.3, -0.25) is 9.78 Å². The fourth-order valence-electron chi connectivity index (χ4n) is 2.14. The number of amides is 1.